The molecule has 0 spiro atoms. The second-order valence-corrected chi connectivity index (χ2v) is 3.37. The van der Waals surface area contributed by atoms with E-state index in [0.717, 1.165) is 0 Å². The largest absolute Gasteiger partial charge is 0.383 e. The zero-order chi connectivity index (χ0) is 12.8. The fourth-order valence-corrected chi connectivity index (χ4v) is 1.17. The van der Waals surface area contributed by atoms with Gasteiger partial charge in [0.2, 0.25) is 5.91 Å². The Balaban J connectivity index is 2.78. The summed E-state index contributed by atoms with van der Waals surface area (Å²) in [5, 5.41) is 20.4. The summed E-state index contributed by atoms with van der Waals surface area (Å²) in [5.41, 5.74) is 11.6. The number of nitriles is 2. The van der Waals surface area contributed by atoms with Gasteiger partial charge in [-0.2, -0.15) is 10.5 Å². The van der Waals surface area contributed by atoms with Crippen LogP contribution in [-0.2, 0) is 4.79 Å². The molecule has 1 unspecified atom stereocenters. The lowest BCUT2D eigenvalue weighted by molar-refractivity contribution is -0.118. The average molecular weight is 229 g/mol. The summed E-state index contributed by atoms with van der Waals surface area (Å²) in [6.07, 6.45) is 0. The Bertz CT molecular complexity index is 512. The van der Waals surface area contributed by atoms with E-state index in [2.05, 4.69) is 5.32 Å². The van der Waals surface area contributed by atoms with Crippen LogP contribution in [0.1, 0.15) is 11.1 Å². The van der Waals surface area contributed by atoms with E-state index in [1.165, 1.54) is 12.1 Å². The Labute approximate surface area is 98.4 Å². The first-order valence-corrected chi connectivity index (χ1v) is 4.81. The van der Waals surface area contributed by atoms with E-state index in [4.69, 9.17) is 22.0 Å². The number of amides is 1. The summed E-state index contributed by atoms with van der Waals surface area (Å²) in [4.78, 5) is 10.7. The van der Waals surface area contributed by atoms with E-state index >= 15 is 0 Å². The maximum absolute atomic E-state index is 10.7. The van der Waals surface area contributed by atoms with Crippen molar-refractivity contribution in [1.29, 1.82) is 10.5 Å². The van der Waals surface area contributed by atoms with Crippen LogP contribution in [0.5, 0.6) is 0 Å². The highest BCUT2D eigenvalue weighted by Crippen LogP contribution is 2.14. The SMILES string of the molecule is N#Cc1ccc(NCC(N)C(N)=O)cc1C#N. The second kappa shape index (κ2) is 5.50. The quantitative estimate of drug-likeness (QED) is 0.650. The normalized spacial score (nSPS) is 11.0. The first kappa shape index (κ1) is 12.5. The van der Waals surface area contributed by atoms with Crippen LogP contribution >= 0.6 is 0 Å². The zero-order valence-corrected chi connectivity index (χ0v) is 8.97. The third-order valence-corrected chi connectivity index (χ3v) is 2.15. The topological polar surface area (TPSA) is 129 Å². The number of anilines is 1. The molecule has 1 aromatic carbocycles. The molecule has 0 radical (unpaired) electrons. The van der Waals surface area contributed by atoms with Crippen LogP contribution < -0.4 is 16.8 Å². The van der Waals surface area contributed by atoms with Crippen molar-refractivity contribution in [2.24, 2.45) is 11.5 Å². The van der Waals surface area contributed by atoms with E-state index in [-0.39, 0.29) is 12.1 Å². The molecule has 0 saturated heterocycles. The van der Waals surface area contributed by atoms with Crippen molar-refractivity contribution in [1.82, 2.24) is 0 Å². The molecule has 0 aromatic heterocycles. The van der Waals surface area contributed by atoms with Crippen molar-refractivity contribution in [3.63, 3.8) is 0 Å². The molecule has 1 atom stereocenters. The maximum atomic E-state index is 10.7. The summed E-state index contributed by atoms with van der Waals surface area (Å²) < 4.78 is 0. The molecule has 6 nitrogen and oxygen atoms in total. The number of hydrogen-bond donors (Lipinski definition) is 3. The van der Waals surface area contributed by atoms with Gasteiger partial charge < -0.3 is 16.8 Å². The molecule has 1 amide bonds. The van der Waals surface area contributed by atoms with E-state index < -0.39 is 11.9 Å². The highest BCUT2D eigenvalue weighted by molar-refractivity contribution is 5.80. The molecular weight excluding hydrogens is 218 g/mol. The number of primary amides is 1. The van der Waals surface area contributed by atoms with E-state index in [1.54, 1.807) is 6.07 Å². The van der Waals surface area contributed by atoms with Crippen LogP contribution in [0.3, 0.4) is 0 Å². The van der Waals surface area contributed by atoms with Gasteiger partial charge in [-0.15, -0.1) is 0 Å². The lowest BCUT2D eigenvalue weighted by Gasteiger charge is -2.10. The number of carbonyl (C=O) groups excluding carboxylic acids is 1. The third-order valence-electron chi connectivity index (χ3n) is 2.15. The summed E-state index contributed by atoms with van der Waals surface area (Å²) in [6.45, 7) is 0.173. The Hall–Kier alpha value is -2.57. The Morgan fingerprint density at radius 3 is 2.53 bits per heavy atom. The smallest absolute Gasteiger partial charge is 0.236 e. The van der Waals surface area contributed by atoms with Gasteiger partial charge in [-0.3, -0.25) is 4.79 Å². The summed E-state index contributed by atoms with van der Waals surface area (Å²) >= 11 is 0. The van der Waals surface area contributed by atoms with Crippen LogP contribution in [0, 0.1) is 22.7 Å². The van der Waals surface area contributed by atoms with Crippen molar-refractivity contribution in [2.45, 2.75) is 6.04 Å². The molecule has 0 saturated carbocycles. The van der Waals surface area contributed by atoms with Gasteiger partial charge in [-0.05, 0) is 18.2 Å². The molecule has 1 rings (SSSR count). The minimum atomic E-state index is -0.795. The van der Waals surface area contributed by atoms with Crippen molar-refractivity contribution in [2.75, 3.05) is 11.9 Å². The van der Waals surface area contributed by atoms with Gasteiger partial charge in [-0.25, -0.2) is 0 Å². The predicted molar refractivity (Wildman–Crippen MR) is 61.5 cm³/mol. The lowest BCUT2D eigenvalue weighted by Crippen LogP contribution is -2.41. The maximum Gasteiger partial charge on any atom is 0.236 e. The number of carbonyl (C=O) groups is 1. The lowest BCUT2D eigenvalue weighted by atomic mass is 10.1. The predicted octanol–water partition coefficient (Wildman–Crippen LogP) is -0.346. The minimum absolute atomic E-state index is 0.173. The van der Waals surface area contributed by atoms with Gasteiger partial charge in [0.05, 0.1) is 11.1 Å². The third kappa shape index (κ3) is 3.20. The molecule has 0 aliphatic rings. The van der Waals surface area contributed by atoms with E-state index in [9.17, 15) is 4.79 Å². The number of nitrogens with zero attached hydrogens (tertiary/aromatic N) is 2. The monoisotopic (exact) mass is 229 g/mol. The fraction of sp³-hybridized carbons (Fsp3) is 0.182. The molecule has 17 heavy (non-hydrogen) atoms. The summed E-state index contributed by atoms with van der Waals surface area (Å²) in [5.74, 6) is -0.605. The van der Waals surface area contributed by atoms with Crippen LogP contribution in [-0.4, -0.2) is 18.5 Å². The van der Waals surface area contributed by atoms with E-state index in [1.807, 2.05) is 12.1 Å². The van der Waals surface area contributed by atoms with Crippen molar-refractivity contribution in [3.8, 4) is 12.1 Å². The Morgan fingerprint density at radius 1 is 1.35 bits per heavy atom. The van der Waals surface area contributed by atoms with Crippen molar-refractivity contribution >= 4 is 11.6 Å². The van der Waals surface area contributed by atoms with Gasteiger partial charge >= 0.3 is 0 Å². The fourth-order valence-electron chi connectivity index (χ4n) is 1.17. The van der Waals surface area contributed by atoms with Crippen LogP contribution in [0.15, 0.2) is 18.2 Å². The van der Waals surface area contributed by atoms with Crippen molar-refractivity contribution < 1.29 is 4.79 Å². The Morgan fingerprint density at radius 2 is 2.00 bits per heavy atom. The van der Waals surface area contributed by atoms with Gasteiger partial charge in [0, 0.05) is 12.2 Å². The minimum Gasteiger partial charge on any atom is -0.383 e. The van der Waals surface area contributed by atoms with Crippen molar-refractivity contribution in [3.05, 3.63) is 29.3 Å². The molecule has 0 heterocycles. The number of rotatable bonds is 4. The average Bonchev–Trinajstić information content (AvgIpc) is 2.35. The number of nitrogens with two attached hydrogens (primary N) is 2. The van der Waals surface area contributed by atoms with Gasteiger partial charge in [-0.1, -0.05) is 0 Å². The first-order chi connectivity index (χ1) is 8.08. The first-order valence-electron chi connectivity index (χ1n) is 4.81. The second-order valence-electron chi connectivity index (χ2n) is 3.37. The highest BCUT2D eigenvalue weighted by atomic mass is 16.1. The molecule has 0 aliphatic carbocycles. The molecule has 5 N–H and O–H groups in total. The Kier molecular flexibility index (Phi) is 4.04. The highest BCUT2D eigenvalue weighted by Gasteiger charge is 2.09. The van der Waals surface area contributed by atoms with Gasteiger partial charge in [0.1, 0.15) is 18.2 Å². The molecule has 1 aromatic rings. The standard InChI is InChI=1S/C11H11N5O/c12-4-7-1-2-9(3-8(7)5-13)16-6-10(14)11(15)17/h1-3,10,16H,6,14H2,(H2,15,17). The number of hydrogen-bond acceptors (Lipinski definition) is 5. The molecule has 0 aliphatic heterocycles. The molecule has 86 valence electrons. The van der Waals surface area contributed by atoms with Crippen LogP contribution in [0.4, 0.5) is 5.69 Å². The van der Waals surface area contributed by atoms with Crippen LogP contribution in [0.2, 0.25) is 0 Å². The molecule has 0 fully saturated rings. The molecule has 0 bridgehead atoms. The molecule has 6 heteroatoms. The number of benzene rings is 1. The van der Waals surface area contributed by atoms with Gasteiger partial charge in [0.25, 0.3) is 0 Å². The van der Waals surface area contributed by atoms with Gasteiger partial charge in [0.15, 0.2) is 0 Å². The number of nitrogens with one attached hydrogen (secondary N) is 1. The summed E-state index contributed by atoms with van der Waals surface area (Å²) in [6, 6.07) is 7.70. The molecular formula is C11H11N5O. The zero-order valence-electron chi connectivity index (χ0n) is 8.97. The van der Waals surface area contributed by atoms with E-state index in [0.29, 0.717) is 11.3 Å². The van der Waals surface area contributed by atoms with Crippen LogP contribution in [0.25, 0.3) is 0 Å². The summed E-state index contributed by atoms with van der Waals surface area (Å²) in [7, 11) is 0.